The molecule has 0 fully saturated rings. The molecular weight excluding hydrogens is 188 g/mol. The Balaban J connectivity index is 2.05. The largest absolute Gasteiger partial charge is 0.508 e. The van der Waals surface area contributed by atoms with Crippen molar-refractivity contribution in [3.8, 4) is 5.75 Å². The number of aromatic hydroxyl groups is 1. The molecule has 78 valence electrons. The molecule has 0 radical (unpaired) electrons. The third-order valence-electron chi connectivity index (χ3n) is 3.41. The van der Waals surface area contributed by atoms with Crippen molar-refractivity contribution in [2.24, 2.45) is 4.99 Å². The van der Waals surface area contributed by atoms with Gasteiger partial charge in [-0.15, -0.1) is 0 Å². The van der Waals surface area contributed by atoms with Gasteiger partial charge in [0.2, 0.25) is 0 Å². The maximum absolute atomic E-state index is 9.49. The van der Waals surface area contributed by atoms with Crippen LogP contribution in [0, 0.1) is 0 Å². The highest BCUT2D eigenvalue weighted by molar-refractivity contribution is 5.69. The maximum atomic E-state index is 9.49. The summed E-state index contributed by atoms with van der Waals surface area (Å²) < 4.78 is 0. The second-order valence-corrected chi connectivity index (χ2v) is 4.36. The summed E-state index contributed by atoms with van der Waals surface area (Å²) >= 11 is 0. The molecule has 1 aromatic rings. The van der Waals surface area contributed by atoms with Crippen molar-refractivity contribution in [2.75, 3.05) is 5.32 Å². The quantitative estimate of drug-likeness (QED) is 0.633. The van der Waals surface area contributed by atoms with Crippen molar-refractivity contribution >= 4 is 11.9 Å². The van der Waals surface area contributed by atoms with Crippen LogP contribution in [0.15, 0.2) is 23.2 Å². The normalized spacial score (nSPS) is 31.9. The van der Waals surface area contributed by atoms with Gasteiger partial charge in [0.15, 0.2) is 0 Å². The first kappa shape index (κ1) is 8.77. The number of hydrogen-bond acceptors (Lipinski definition) is 3. The number of phenolic OH excluding ortho intramolecular Hbond substituents is 1. The molecule has 0 aliphatic carbocycles. The minimum Gasteiger partial charge on any atom is -0.508 e. The van der Waals surface area contributed by atoms with Crippen molar-refractivity contribution in [3.05, 3.63) is 23.8 Å². The number of aliphatic imine (C=N–C) groups is 1. The number of phenols is 1. The van der Waals surface area contributed by atoms with E-state index >= 15 is 0 Å². The Morgan fingerprint density at radius 1 is 1.47 bits per heavy atom. The zero-order chi connectivity index (χ0) is 10.4. The van der Waals surface area contributed by atoms with Gasteiger partial charge in [-0.05, 0) is 43.3 Å². The lowest BCUT2D eigenvalue weighted by Crippen LogP contribution is -2.34. The maximum Gasteiger partial charge on any atom is 0.116 e. The van der Waals surface area contributed by atoms with Gasteiger partial charge in [-0.25, -0.2) is 0 Å². The Morgan fingerprint density at radius 3 is 3.20 bits per heavy atom. The van der Waals surface area contributed by atoms with Gasteiger partial charge in [-0.3, -0.25) is 4.99 Å². The van der Waals surface area contributed by atoms with Gasteiger partial charge in [-0.1, -0.05) is 0 Å². The predicted molar refractivity (Wildman–Crippen MR) is 60.8 cm³/mol. The van der Waals surface area contributed by atoms with Crippen LogP contribution in [0.25, 0.3) is 0 Å². The SMILES string of the molecule is CC1N=CCC2c3cc(O)ccc3NC12. The molecule has 0 bridgehead atoms. The van der Waals surface area contributed by atoms with E-state index in [1.807, 2.05) is 18.3 Å². The van der Waals surface area contributed by atoms with Crippen LogP contribution in [0.1, 0.15) is 24.8 Å². The summed E-state index contributed by atoms with van der Waals surface area (Å²) in [7, 11) is 0. The standard InChI is InChI=1S/C12H14N2O/c1-7-12-9(4-5-13-7)10-6-8(15)2-3-11(10)14-12/h2-3,5-7,9,12,14-15H,4H2,1H3. The molecule has 0 saturated heterocycles. The number of anilines is 1. The Bertz CT molecular complexity index is 428. The average Bonchev–Trinajstić information content (AvgIpc) is 2.58. The fourth-order valence-corrected chi connectivity index (χ4v) is 2.63. The van der Waals surface area contributed by atoms with Crippen molar-refractivity contribution in [2.45, 2.75) is 31.3 Å². The van der Waals surface area contributed by atoms with Gasteiger partial charge in [0.05, 0.1) is 12.1 Å². The van der Waals surface area contributed by atoms with Crippen LogP contribution in [-0.4, -0.2) is 23.4 Å². The van der Waals surface area contributed by atoms with Crippen molar-refractivity contribution < 1.29 is 5.11 Å². The van der Waals surface area contributed by atoms with E-state index in [1.165, 1.54) is 5.56 Å². The summed E-state index contributed by atoms with van der Waals surface area (Å²) in [4.78, 5) is 4.43. The first-order chi connectivity index (χ1) is 7.25. The van der Waals surface area contributed by atoms with Crippen LogP contribution in [0.3, 0.4) is 0 Å². The smallest absolute Gasteiger partial charge is 0.116 e. The number of benzene rings is 1. The van der Waals surface area contributed by atoms with E-state index in [4.69, 9.17) is 0 Å². The van der Waals surface area contributed by atoms with Gasteiger partial charge >= 0.3 is 0 Å². The molecule has 3 unspecified atom stereocenters. The van der Waals surface area contributed by atoms with E-state index in [-0.39, 0.29) is 0 Å². The van der Waals surface area contributed by atoms with E-state index in [9.17, 15) is 5.11 Å². The van der Waals surface area contributed by atoms with Crippen LogP contribution in [-0.2, 0) is 0 Å². The van der Waals surface area contributed by atoms with Gasteiger partial charge in [0.25, 0.3) is 0 Å². The molecule has 0 amide bonds. The second kappa shape index (κ2) is 2.99. The first-order valence-corrected chi connectivity index (χ1v) is 5.37. The average molecular weight is 202 g/mol. The van der Waals surface area contributed by atoms with Crippen LogP contribution in [0.2, 0.25) is 0 Å². The van der Waals surface area contributed by atoms with Crippen molar-refractivity contribution in [3.63, 3.8) is 0 Å². The van der Waals surface area contributed by atoms with E-state index < -0.39 is 0 Å². The Morgan fingerprint density at radius 2 is 2.33 bits per heavy atom. The molecule has 0 aromatic heterocycles. The number of rotatable bonds is 0. The monoisotopic (exact) mass is 202 g/mol. The topological polar surface area (TPSA) is 44.6 Å². The molecule has 3 heteroatoms. The molecule has 3 rings (SSSR count). The van der Waals surface area contributed by atoms with E-state index in [2.05, 4.69) is 17.2 Å². The minimum absolute atomic E-state index is 0.318. The highest BCUT2D eigenvalue weighted by Crippen LogP contribution is 2.42. The number of nitrogens with zero attached hydrogens (tertiary/aromatic N) is 1. The summed E-state index contributed by atoms with van der Waals surface area (Å²) in [6.45, 7) is 2.13. The summed E-state index contributed by atoms with van der Waals surface area (Å²) in [6, 6.07) is 6.27. The van der Waals surface area contributed by atoms with Crippen molar-refractivity contribution in [1.29, 1.82) is 0 Å². The Hall–Kier alpha value is -1.51. The fraction of sp³-hybridized carbons (Fsp3) is 0.417. The van der Waals surface area contributed by atoms with Crippen LogP contribution < -0.4 is 5.32 Å². The summed E-state index contributed by atoms with van der Waals surface area (Å²) in [6.07, 6.45) is 2.98. The third-order valence-corrected chi connectivity index (χ3v) is 3.41. The molecular formula is C12H14N2O. The van der Waals surface area contributed by atoms with Crippen LogP contribution in [0.5, 0.6) is 5.75 Å². The van der Waals surface area contributed by atoms with Crippen molar-refractivity contribution in [1.82, 2.24) is 0 Å². The van der Waals surface area contributed by atoms with Crippen LogP contribution >= 0.6 is 0 Å². The first-order valence-electron chi connectivity index (χ1n) is 5.37. The Kier molecular flexibility index (Phi) is 1.75. The van der Waals surface area contributed by atoms with E-state index in [1.54, 1.807) is 6.07 Å². The van der Waals surface area contributed by atoms with Gasteiger partial charge in [-0.2, -0.15) is 0 Å². The van der Waals surface area contributed by atoms with Gasteiger partial charge in [0, 0.05) is 11.6 Å². The lowest BCUT2D eigenvalue weighted by Gasteiger charge is -2.26. The lowest BCUT2D eigenvalue weighted by atomic mass is 9.87. The number of fused-ring (bicyclic) bond motifs is 3. The number of hydrogen-bond donors (Lipinski definition) is 2. The molecule has 2 aliphatic heterocycles. The third kappa shape index (κ3) is 1.23. The zero-order valence-corrected chi connectivity index (χ0v) is 8.64. The van der Waals surface area contributed by atoms with Crippen LogP contribution in [0.4, 0.5) is 5.69 Å². The molecule has 2 aliphatic rings. The molecule has 3 atom stereocenters. The predicted octanol–water partition coefficient (Wildman–Crippen LogP) is 2.13. The van der Waals surface area contributed by atoms with Gasteiger partial charge in [0.1, 0.15) is 5.75 Å². The second-order valence-electron chi connectivity index (χ2n) is 4.36. The minimum atomic E-state index is 0.318. The molecule has 2 heterocycles. The molecule has 0 saturated carbocycles. The van der Waals surface area contributed by atoms with E-state index in [0.717, 1.165) is 12.1 Å². The fourth-order valence-electron chi connectivity index (χ4n) is 2.63. The Labute approximate surface area is 88.8 Å². The summed E-state index contributed by atoms with van der Waals surface area (Å²) in [5.41, 5.74) is 2.39. The summed E-state index contributed by atoms with van der Waals surface area (Å²) in [5.74, 6) is 0.825. The molecule has 0 spiro atoms. The highest BCUT2D eigenvalue weighted by Gasteiger charge is 2.36. The van der Waals surface area contributed by atoms with Gasteiger partial charge < -0.3 is 10.4 Å². The van der Waals surface area contributed by atoms with E-state index in [0.29, 0.717) is 23.8 Å². The molecule has 3 nitrogen and oxygen atoms in total. The number of nitrogens with one attached hydrogen (secondary N) is 1. The highest BCUT2D eigenvalue weighted by atomic mass is 16.3. The zero-order valence-electron chi connectivity index (χ0n) is 8.64. The molecule has 2 N–H and O–H groups in total. The lowest BCUT2D eigenvalue weighted by molar-refractivity contribution is 0.471. The molecule has 1 aromatic carbocycles. The molecule has 15 heavy (non-hydrogen) atoms. The summed E-state index contributed by atoms with van der Waals surface area (Å²) in [5, 5.41) is 13.0.